The van der Waals surface area contributed by atoms with Crippen LogP contribution >= 0.6 is 11.6 Å². The van der Waals surface area contributed by atoms with Crippen molar-refractivity contribution >= 4 is 23.5 Å². The first-order chi connectivity index (χ1) is 9.08. The van der Waals surface area contributed by atoms with Crippen LogP contribution in [0.3, 0.4) is 0 Å². The minimum atomic E-state index is -0.515. The summed E-state index contributed by atoms with van der Waals surface area (Å²) in [5.74, 6) is -0.564. The summed E-state index contributed by atoms with van der Waals surface area (Å²) in [6.07, 6.45) is 2.59. The number of esters is 1. The summed E-state index contributed by atoms with van der Waals surface area (Å²) in [5, 5.41) is 3.29. The third kappa shape index (κ3) is 2.73. The maximum absolute atomic E-state index is 12.3. The summed E-state index contributed by atoms with van der Waals surface area (Å²) in [6, 6.07) is 7.31. The van der Waals surface area contributed by atoms with E-state index in [4.69, 9.17) is 11.6 Å². The monoisotopic (exact) mass is 281 g/mol. The van der Waals surface area contributed by atoms with Crippen LogP contribution in [0.15, 0.2) is 24.3 Å². The van der Waals surface area contributed by atoms with Gasteiger partial charge in [-0.05, 0) is 30.5 Å². The Labute approximate surface area is 117 Å². The van der Waals surface area contributed by atoms with Crippen molar-refractivity contribution in [3.05, 3.63) is 34.9 Å². The number of amides is 1. The molecular formula is C14H16ClNO3. The lowest BCUT2D eigenvalue weighted by Crippen LogP contribution is -2.50. The molecule has 1 aliphatic rings. The van der Waals surface area contributed by atoms with Crippen molar-refractivity contribution in [2.75, 3.05) is 13.7 Å². The van der Waals surface area contributed by atoms with Gasteiger partial charge in [0.05, 0.1) is 12.5 Å². The van der Waals surface area contributed by atoms with E-state index < -0.39 is 11.4 Å². The zero-order chi connectivity index (χ0) is 13.9. The number of halogens is 1. The Morgan fingerprint density at radius 3 is 2.42 bits per heavy atom. The zero-order valence-electron chi connectivity index (χ0n) is 10.7. The molecule has 102 valence electrons. The first kappa shape index (κ1) is 13.9. The molecule has 0 aromatic heterocycles. The van der Waals surface area contributed by atoms with E-state index in [1.54, 1.807) is 12.1 Å². The van der Waals surface area contributed by atoms with Gasteiger partial charge >= 0.3 is 5.97 Å². The Bertz CT molecular complexity index is 480. The number of nitrogens with one attached hydrogen (secondary N) is 1. The molecule has 4 nitrogen and oxygen atoms in total. The van der Waals surface area contributed by atoms with E-state index in [-0.39, 0.29) is 12.5 Å². The van der Waals surface area contributed by atoms with Crippen molar-refractivity contribution in [3.8, 4) is 0 Å². The number of carbonyl (C=O) groups excluding carboxylic acids is 2. The van der Waals surface area contributed by atoms with Crippen LogP contribution in [0.5, 0.6) is 0 Å². The molecule has 1 fully saturated rings. The quantitative estimate of drug-likeness (QED) is 0.860. The van der Waals surface area contributed by atoms with Crippen LogP contribution in [0.4, 0.5) is 0 Å². The largest absolute Gasteiger partial charge is 0.468 e. The molecule has 0 spiro atoms. The number of benzene rings is 1. The SMILES string of the molecule is COC(=O)CNC(=O)C1(c2ccc(Cl)cc2)CCC1. The second kappa shape index (κ2) is 5.61. The van der Waals surface area contributed by atoms with Gasteiger partial charge in [0.2, 0.25) is 5.91 Å². The smallest absolute Gasteiger partial charge is 0.325 e. The number of rotatable bonds is 4. The van der Waals surface area contributed by atoms with Gasteiger partial charge in [-0.3, -0.25) is 9.59 Å². The first-order valence-corrected chi connectivity index (χ1v) is 6.57. The molecule has 2 rings (SSSR count). The third-order valence-corrected chi connectivity index (χ3v) is 3.91. The lowest BCUT2D eigenvalue weighted by molar-refractivity contribution is -0.142. The molecule has 0 aliphatic heterocycles. The molecule has 0 atom stereocenters. The molecule has 0 bridgehead atoms. The summed E-state index contributed by atoms with van der Waals surface area (Å²) in [5.41, 5.74) is 0.434. The molecule has 1 aliphatic carbocycles. The van der Waals surface area contributed by atoms with Gasteiger partial charge in [0.15, 0.2) is 0 Å². The predicted octanol–water partition coefficient (Wildman–Crippen LogP) is 2.05. The number of ether oxygens (including phenoxy) is 1. The van der Waals surface area contributed by atoms with Crippen molar-refractivity contribution in [1.82, 2.24) is 5.32 Å². The zero-order valence-corrected chi connectivity index (χ0v) is 11.5. The highest BCUT2D eigenvalue weighted by molar-refractivity contribution is 6.30. The van der Waals surface area contributed by atoms with Gasteiger partial charge < -0.3 is 10.1 Å². The molecule has 1 aromatic carbocycles. The van der Waals surface area contributed by atoms with Crippen molar-refractivity contribution in [2.45, 2.75) is 24.7 Å². The van der Waals surface area contributed by atoms with Gasteiger partial charge in [-0.2, -0.15) is 0 Å². The number of hydrogen-bond acceptors (Lipinski definition) is 3. The fourth-order valence-electron chi connectivity index (χ4n) is 2.34. The molecule has 1 N–H and O–H groups in total. The minimum absolute atomic E-state index is 0.0926. The van der Waals surface area contributed by atoms with Crippen molar-refractivity contribution < 1.29 is 14.3 Å². The number of hydrogen-bond donors (Lipinski definition) is 1. The molecule has 0 radical (unpaired) electrons. The van der Waals surface area contributed by atoms with Crippen LogP contribution in [0.1, 0.15) is 24.8 Å². The molecular weight excluding hydrogens is 266 g/mol. The Morgan fingerprint density at radius 2 is 1.95 bits per heavy atom. The average molecular weight is 282 g/mol. The molecule has 19 heavy (non-hydrogen) atoms. The normalized spacial score (nSPS) is 16.3. The summed E-state index contributed by atoms with van der Waals surface area (Å²) in [4.78, 5) is 23.4. The number of methoxy groups -OCH3 is 1. The molecule has 1 aromatic rings. The maximum Gasteiger partial charge on any atom is 0.325 e. The van der Waals surface area contributed by atoms with Crippen LogP contribution in [0, 0.1) is 0 Å². The maximum atomic E-state index is 12.3. The van der Waals surface area contributed by atoms with E-state index in [0.29, 0.717) is 5.02 Å². The summed E-state index contributed by atoms with van der Waals surface area (Å²) in [7, 11) is 1.30. The van der Waals surface area contributed by atoms with Crippen LogP contribution < -0.4 is 5.32 Å². The lowest BCUT2D eigenvalue weighted by Gasteiger charge is -2.40. The molecule has 1 amide bonds. The Balaban J connectivity index is 2.11. The van der Waals surface area contributed by atoms with Gasteiger partial charge in [-0.15, -0.1) is 0 Å². The number of carbonyl (C=O) groups is 2. The highest BCUT2D eigenvalue weighted by Crippen LogP contribution is 2.44. The molecule has 5 heteroatoms. The fourth-order valence-corrected chi connectivity index (χ4v) is 2.47. The van der Waals surface area contributed by atoms with E-state index in [0.717, 1.165) is 24.8 Å². The highest BCUT2D eigenvalue weighted by atomic mass is 35.5. The van der Waals surface area contributed by atoms with Crippen molar-refractivity contribution in [3.63, 3.8) is 0 Å². The van der Waals surface area contributed by atoms with Crippen LogP contribution in [-0.4, -0.2) is 25.5 Å². The van der Waals surface area contributed by atoms with Crippen LogP contribution in [-0.2, 0) is 19.7 Å². The summed E-state index contributed by atoms with van der Waals surface area (Å²) >= 11 is 5.86. The van der Waals surface area contributed by atoms with E-state index in [1.165, 1.54) is 7.11 Å². The van der Waals surface area contributed by atoms with E-state index in [2.05, 4.69) is 10.1 Å². The Hall–Kier alpha value is -1.55. The van der Waals surface area contributed by atoms with E-state index >= 15 is 0 Å². The van der Waals surface area contributed by atoms with Crippen molar-refractivity contribution in [1.29, 1.82) is 0 Å². The van der Waals surface area contributed by atoms with E-state index in [1.807, 2.05) is 12.1 Å². The van der Waals surface area contributed by atoms with E-state index in [9.17, 15) is 9.59 Å². The topological polar surface area (TPSA) is 55.4 Å². The lowest BCUT2D eigenvalue weighted by atomic mass is 9.64. The van der Waals surface area contributed by atoms with Gasteiger partial charge in [0.25, 0.3) is 0 Å². The first-order valence-electron chi connectivity index (χ1n) is 6.20. The van der Waals surface area contributed by atoms with Gasteiger partial charge in [-0.1, -0.05) is 30.2 Å². The second-order valence-electron chi connectivity index (χ2n) is 4.70. The highest BCUT2D eigenvalue weighted by Gasteiger charge is 2.45. The summed E-state index contributed by atoms with van der Waals surface area (Å²) in [6.45, 7) is -0.0926. The van der Waals surface area contributed by atoms with Gasteiger partial charge in [0.1, 0.15) is 6.54 Å². The molecule has 0 unspecified atom stereocenters. The van der Waals surface area contributed by atoms with Crippen LogP contribution in [0.25, 0.3) is 0 Å². The molecule has 0 heterocycles. The second-order valence-corrected chi connectivity index (χ2v) is 5.14. The molecule has 0 saturated heterocycles. The fraction of sp³-hybridized carbons (Fsp3) is 0.429. The third-order valence-electron chi connectivity index (χ3n) is 3.66. The summed E-state index contributed by atoms with van der Waals surface area (Å²) < 4.78 is 4.52. The van der Waals surface area contributed by atoms with Crippen LogP contribution in [0.2, 0.25) is 5.02 Å². The van der Waals surface area contributed by atoms with Gasteiger partial charge in [-0.25, -0.2) is 0 Å². The predicted molar refractivity (Wildman–Crippen MR) is 72.0 cm³/mol. The standard InChI is InChI=1S/C14H16ClNO3/c1-19-12(17)9-16-13(18)14(7-2-8-14)10-3-5-11(15)6-4-10/h3-6H,2,7-9H2,1H3,(H,16,18). The van der Waals surface area contributed by atoms with Gasteiger partial charge in [0, 0.05) is 5.02 Å². The minimum Gasteiger partial charge on any atom is -0.468 e. The molecule has 1 saturated carbocycles. The average Bonchev–Trinajstić information content (AvgIpc) is 2.36. The van der Waals surface area contributed by atoms with Crippen molar-refractivity contribution in [2.24, 2.45) is 0 Å². The Morgan fingerprint density at radius 1 is 1.32 bits per heavy atom. The Kier molecular flexibility index (Phi) is 4.10.